The van der Waals surface area contributed by atoms with Gasteiger partial charge in [-0.15, -0.1) is 0 Å². The summed E-state index contributed by atoms with van der Waals surface area (Å²) < 4.78 is 58.8. The lowest BCUT2D eigenvalue weighted by molar-refractivity contribution is -0.116. The number of hydrogen-bond acceptors (Lipinski definition) is 7. The summed E-state index contributed by atoms with van der Waals surface area (Å²) in [6.07, 6.45) is 2.48. The molecule has 12 heteroatoms. The Kier molecular flexibility index (Phi) is 7.97. The zero-order chi connectivity index (χ0) is 25.6. The van der Waals surface area contributed by atoms with Gasteiger partial charge >= 0.3 is 0 Å². The van der Waals surface area contributed by atoms with Gasteiger partial charge in [0, 0.05) is 11.9 Å². The first kappa shape index (κ1) is 26.0. The second kappa shape index (κ2) is 10.7. The molecule has 0 aliphatic heterocycles. The summed E-state index contributed by atoms with van der Waals surface area (Å²) in [5, 5.41) is 2.63. The van der Waals surface area contributed by atoms with Crippen LogP contribution in [0.4, 0.5) is 17.2 Å². The van der Waals surface area contributed by atoms with Crippen LogP contribution in [-0.4, -0.2) is 46.6 Å². The van der Waals surface area contributed by atoms with E-state index in [-0.39, 0.29) is 10.7 Å². The average molecular weight is 519 g/mol. The number of rotatable bonds is 10. The predicted molar refractivity (Wildman–Crippen MR) is 135 cm³/mol. The first-order valence-corrected chi connectivity index (χ1v) is 13.9. The van der Waals surface area contributed by atoms with Crippen LogP contribution in [0.25, 0.3) is 0 Å². The highest BCUT2D eigenvalue weighted by atomic mass is 32.2. The minimum absolute atomic E-state index is 0.0265. The van der Waals surface area contributed by atoms with Crippen molar-refractivity contribution in [2.24, 2.45) is 0 Å². The minimum Gasteiger partial charge on any atom is -0.494 e. The van der Waals surface area contributed by atoms with Crippen molar-refractivity contribution in [3.63, 3.8) is 0 Å². The first-order chi connectivity index (χ1) is 16.5. The molecule has 1 heterocycles. The summed E-state index contributed by atoms with van der Waals surface area (Å²) >= 11 is 0. The van der Waals surface area contributed by atoms with Gasteiger partial charge in [-0.05, 0) is 74.5 Å². The van der Waals surface area contributed by atoms with E-state index in [9.17, 15) is 21.6 Å². The van der Waals surface area contributed by atoms with Crippen LogP contribution in [0.1, 0.15) is 13.8 Å². The van der Waals surface area contributed by atoms with Crippen molar-refractivity contribution in [3.05, 3.63) is 72.9 Å². The number of ether oxygens (including phenoxy) is 1. The molecule has 0 saturated heterocycles. The smallest absolute Gasteiger partial charge is 0.263 e. The van der Waals surface area contributed by atoms with Gasteiger partial charge in [0.15, 0.2) is 0 Å². The Morgan fingerprint density at radius 2 is 1.66 bits per heavy atom. The Hall–Kier alpha value is -3.64. The molecule has 2 aromatic carbocycles. The summed E-state index contributed by atoms with van der Waals surface area (Å²) in [4.78, 5) is 16.8. The van der Waals surface area contributed by atoms with Gasteiger partial charge in [-0.2, -0.15) is 0 Å². The van der Waals surface area contributed by atoms with Crippen molar-refractivity contribution in [1.29, 1.82) is 0 Å². The van der Waals surface area contributed by atoms with Gasteiger partial charge in [-0.25, -0.2) is 21.8 Å². The molecule has 1 unspecified atom stereocenters. The highest BCUT2D eigenvalue weighted by Gasteiger charge is 2.29. The molecule has 1 atom stereocenters. The molecule has 0 fully saturated rings. The van der Waals surface area contributed by atoms with Crippen LogP contribution in [0.5, 0.6) is 5.75 Å². The van der Waals surface area contributed by atoms with E-state index in [4.69, 9.17) is 4.74 Å². The highest BCUT2D eigenvalue weighted by molar-refractivity contribution is 7.92. The lowest BCUT2D eigenvalue weighted by Gasteiger charge is -2.28. The Labute approximate surface area is 205 Å². The third kappa shape index (κ3) is 6.70. The minimum atomic E-state index is -3.87. The summed E-state index contributed by atoms with van der Waals surface area (Å²) in [5.74, 6) is 0.162. The molecule has 1 aromatic heterocycles. The van der Waals surface area contributed by atoms with Crippen LogP contribution in [0, 0.1) is 0 Å². The fraction of sp³-hybridized carbons (Fsp3) is 0.217. The number of benzene rings is 2. The number of amides is 1. The van der Waals surface area contributed by atoms with E-state index in [0.29, 0.717) is 23.7 Å². The van der Waals surface area contributed by atoms with Crippen molar-refractivity contribution < 1.29 is 26.4 Å². The van der Waals surface area contributed by atoms with Gasteiger partial charge in [0.2, 0.25) is 15.9 Å². The van der Waals surface area contributed by atoms with Crippen molar-refractivity contribution in [3.8, 4) is 5.75 Å². The second-order valence-electron chi connectivity index (χ2n) is 7.50. The molecular weight excluding hydrogens is 492 g/mol. The molecular formula is C23H26N4O6S2. The van der Waals surface area contributed by atoms with Crippen LogP contribution in [0.3, 0.4) is 0 Å². The molecule has 1 amide bonds. The third-order valence-corrected chi connectivity index (χ3v) is 7.44. The standard InChI is InChI=1S/C23H26N4O6S2/c1-4-33-20-12-10-19(11-13-20)27(34(3,29)30)17(2)23(28)25-18-8-14-21(15-9-18)35(31,32)26-22-7-5-6-16-24-22/h5-17H,4H2,1-3H3,(H,24,26)(H,25,28). The maximum Gasteiger partial charge on any atom is 0.263 e. The lowest BCUT2D eigenvalue weighted by atomic mass is 10.2. The molecule has 3 rings (SSSR count). The zero-order valence-corrected chi connectivity index (χ0v) is 21.0. The van der Waals surface area contributed by atoms with Crippen LogP contribution in [0.2, 0.25) is 0 Å². The van der Waals surface area contributed by atoms with Crippen molar-refractivity contribution in [1.82, 2.24) is 4.98 Å². The maximum absolute atomic E-state index is 12.9. The van der Waals surface area contributed by atoms with Gasteiger partial charge in [-0.1, -0.05) is 6.07 Å². The van der Waals surface area contributed by atoms with Gasteiger partial charge in [0.1, 0.15) is 17.6 Å². The second-order valence-corrected chi connectivity index (χ2v) is 11.0. The van der Waals surface area contributed by atoms with Crippen LogP contribution in [-0.2, 0) is 24.8 Å². The molecule has 186 valence electrons. The molecule has 0 radical (unpaired) electrons. The number of anilines is 3. The van der Waals surface area contributed by atoms with E-state index in [2.05, 4.69) is 15.0 Å². The van der Waals surface area contributed by atoms with Crippen molar-refractivity contribution in [2.45, 2.75) is 24.8 Å². The zero-order valence-electron chi connectivity index (χ0n) is 19.4. The first-order valence-electron chi connectivity index (χ1n) is 10.6. The van der Waals surface area contributed by atoms with E-state index < -0.39 is 32.0 Å². The third-order valence-electron chi connectivity index (χ3n) is 4.83. The molecule has 35 heavy (non-hydrogen) atoms. The van der Waals surface area contributed by atoms with Gasteiger partial charge in [0.05, 0.1) is 23.4 Å². The van der Waals surface area contributed by atoms with E-state index in [0.717, 1.165) is 10.6 Å². The molecule has 10 nitrogen and oxygen atoms in total. The largest absolute Gasteiger partial charge is 0.494 e. The topological polar surface area (TPSA) is 135 Å². The Morgan fingerprint density at radius 1 is 1.00 bits per heavy atom. The Bertz CT molecular complexity index is 1360. The number of nitrogens with zero attached hydrogens (tertiary/aromatic N) is 2. The van der Waals surface area contributed by atoms with Crippen LogP contribution >= 0.6 is 0 Å². The molecule has 0 aliphatic rings. The maximum atomic E-state index is 12.9. The molecule has 0 spiro atoms. The quantitative estimate of drug-likeness (QED) is 0.421. The fourth-order valence-electron chi connectivity index (χ4n) is 3.25. The van der Waals surface area contributed by atoms with E-state index >= 15 is 0 Å². The van der Waals surface area contributed by atoms with Crippen molar-refractivity contribution >= 4 is 43.1 Å². The van der Waals surface area contributed by atoms with Gasteiger partial charge < -0.3 is 10.1 Å². The number of nitrogens with one attached hydrogen (secondary N) is 2. The Balaban J connectivity index is 1.75. The summed E-state index contributed by atoms with van der Waals surface area (Å²) in [5.41, 5.74) is 0.611. The Morgan fingerprint density at radius 3 is 2.20 bits per heavy atom. The lowest BCUT2D eigenvalue weighted by Crippen LogP contribution is -2.45. The normalized spacial score (nSPS) is 12.4. The molecule has 0 bridgehead atoms. The molecule has 0 aliphatic carbocycles. The number of sulfonamides is 2. The van der Waals surface area contributed by atoms with Gasteiger partial charge in [0.25, 0.3) is 10.0 Å². The van der Waals surface area contributed by atoms with E-state index in [1.54, 1.807) is 36.4 Å². The number of aromatic nitrogens is 1. The van der Waals surface area contributed by atoms with E-state index in [1.807, 2.05) is 6.92 Å². The van der Waals surface area contributed by atoms with Gasteiger partial charge in [-0.3, -0.25) is 13.8 Å². The monoisotopic (exact) mass is 518 g/mol. The summed E-state index contributed by atoms with van der Waals surface area (Å²) in [6.45, 7) is 3.76. The van der Waals surface area contributed by atoms with Crippen molar-refractivity contribution in [2.75, 3.05) is 27.2 Å². The number of carbonyl (C=O) groups is 1. The van der Waals surface area contributed by atoms with Crippen LogP contribution in [0.15, 0.2) is 77.8 Å². The fourth-order valence-corrected chi connectivity index (χ4v) is 5.43. The predicted octanol–water partition coefficient (Wildman–Crippen LogP) is 3.07. The number of hydrogen-bond donors (Lipinski definition) is 2. The van der Waals surface area contributed by atoms with E-state index in [1.165, 1.54) is 43.5 Å². The van der Waals surface area contributed by atoms with Crippen LogP contribution < -0.4 is 19.1 Å². The highest BCUT2D eigenvalue weighted by Crippen LogP contribution is 2.25. The number of carbonyl (C=O) groups excluding carboxylic acids is 1. The number of pyridine rings is 1. The SMILES string of the molecule is CCOc1ccc(N(C(C)C(=O)Nc2ccc(S(=O)(=O)Nc3ccccn3)cc2)S(C)(=O)=O)cc1. The molecule has 0 saturated carbocycles. The summed E-state index contributed by atoms with van der Waals surface area (Å²) in [6, 6.07) is 15.6. The summed E-state index contributed by atoms with van der Waals surface area (Å²) in [7, 11) is -7.67. The molecule has 2 N–H and O–H groups in total. The average Bonchev–Trinajstić information content (AvgIpc) is 2.80. The molecule has 3 aromatic rings.